The molecule has 0 aliphatic heterocycles. The van der Waals surface area contributed by atoms with Crippen LogP contribution in [0.2, 0.25) is 0 Å². The molecule has 0 atom stereocenters. The monoisotopic (exact) mass is 731 g/mol. The van der Waals surface area contributed by atoms with Crippen LogP contribution in [-0.4, -0.2) is 15.0 Å². The molecule has 6 nitrogen and oxygen atoms in total. The van der Waals surface area contributed by atoms with Crippen molar-refractivity contribution in [3.63, 3.8) is 0 Å². The second kappa shape index (κ2) is 12.3. The van der Waals surface area contributed by atoms with E-state index >= 15 is 0 Å². The molecule has 0 fully saturated rings. The van der Waals surface area contributed by atoms with Crippen molar-refractivity contribution in [1.82, 2.24) is 15.0 Å². The number of fused-ring (bicyclic) bond motifs is 9. The summed E-state index contributed by atoms with van der Waals surface area (Å²) in [5, 5.41) is 6.43. The molecule has 0 radical (unpaired) electrons. The Morgan fingerprint density at radius 3 is 1.58 bits per heavy atom. The van der Waals surface area contributed by atoms with Gasteiger partial charge in [0.1, 0.15) is 33.5 Å². The molecule has 4 aromatic heterocycles. The fraction of sp³-hybridized carbons (Fsp3) is 0. The van der Waals surface area contributed by atoms with E-state index in [9.17, 15) is 0 Å². The van der Waals surface area contributed by atoms with Gasteiger partial charge in [-0.1, -0.05) is 133 Å². The molecular formula is C51H29N3O3. The molecule has 0 saturated heterocycles. The predicted molar refractivity (Wildman–Crippen MR) is 229 cm³/mol. The fourth-order valence-electron chi connectivity index (χ4n) is 8.25. The first-order chi connectivity index (χ1) is 28.2. The van der Waals surface area contributed by atoms with Gasteiger partial charge in [-0.05, 0) is 59.2 Å². The molecule has 0 aliphatic carbocycles. The molecule has 8 aromatic carbocycles. The summed E-state index contributed by atoms with van der Waals surface area (Å²) in [6.07, 6.45) is 0. The summed E-state index contributed by atoms with van der Waals surface area (Å²) in [7, 11) is 0. The highest BCUT2D eigenvalue weighted by Gasteiger charge is 2.20. The van der Waals surface area contributed by atoms with Crippen molar-refractivity contribution in [2.75, 3.05) is 0 Å². The minimum Gasteiger partial charge on any atom is -0.456 e. The molecule has 6 heteroatoms. The third-order valence-electron chi connectivity index (χ3n) is 11.0. The average molecular weight is 732 g/mol. The van der Waals surface area contributed by atoms with Crippen molar-refractivity contribution in [1.29, 1.82) is 0 Å². The van der Waals surface area contributed by atoms with Crippen LogP contribution in [0, 0.1) is 0 Å². The van der Waals surface area contributed by atoms with Gasteiger partial charge in [-0.3, -0.25) is 0 Å². The summed E-state index contributed by atoms with van der Waals surface area (Å²) in [4.78, 5) is 15.1. The molecule has 0 spiro atoms. The minimum absolute atomic E-state index is 0.549. The van der Waals surface area contributed by atoms with Gasteiger partial charge in [-0.25, -0.2) is 15.0 Å². The van der Waals surface area contributed by atoms with E-state index in [1.54, 1.807) is 0 Å². The maximum absolute atomic E-state index is 6.67. The predicted octanol–water partition coefficient (Wildman–Crippen LogP) is 13.9. The topological polar surface area (TPSA) is 78.1 Å². The quantitative estimate of drug-likeness (QED) is 0.175. The normalized spacial score (nSPS) is 11.9. The SMILES string of the molecule is c1ccc(-c2nc(-c3ccc(-c4ccc(-c5ccc6c(c5)oc5ccccc56)c5c4oc4ccccc45)cc3)nc(-c3cccc4c3oc3ccccc34)n2)cc1. The van der Waals surface area contributed by atoms with Gasteiger partial charge in [0, 0.05) is 49.0 Å². The van der Waals surface area contributed by atoms with Crippen LogP contribution < -0.4 is 0 Å². The second-order valence-corrected chi connectivity index (χ2v) is 14.3. The summed E-state index contributed by atoms with van der Waals surface area (Å²) >= 11 is 0. The summed E-state index contributed by atoms with van der Waals surface area (Å²) < 4.78 is 19.4. The van der Waals surface area contributed by atoms with E-state index in [4.69, 9.17) is 28.2 Å². The Kier molecular flexibility index (Phi) is 6.83. The van der Waals surface area contributed by atoms with Gasteiger partial charge in [0.2, 0.25) is 0 Å². The number of hydrogen-bond donors (Lipinski definition) is 0. The maximum atomic E-state index is 6.67. The van der Waals surface area contributed by atoms with E-state index in [-0.39, 0.29) is 0 Å². The summed E-state index contributed by atoms with van der Waals surface area (Å²) in [6, 6.07) is 59.8. The smallest absolute Gasteiger partial charge is 0.167 e. The second-order valence-electron chi connectivity index (χ2n) is 14.3. The van der Waals surface area contributed by atoms with Crippen molar-refractivity contribution in [3.05, 3.63) is 176 Å². The van der Waals surface area contributed by atoms with E-state index in [0.29, 0.717) is 17.5 Å². The van der Waals surface area contributed by atoms with Crippen LogP contribution in [0.15, 0.2) is 189 Å². The van der Waals surface area contributed by atoms with Crippen LogP contribution in [0.4, 0.5) is 0 Å². The van der Waals surface area contributed by atoms with Crippen molar-refractivity contribution in [2.45, 2.75) is 0 Å². The van der Waals surface area contributed by atoms with E-state index in [1.165, 1.54) is 0 Å². The molecule has 0 amide bonds. The molecule has 0 N–H and O–H groups in total. The fourth-order valence-corrected chi connectivity index (χ4v) is 8.25. The molecule has 0 aliphatic rings. The first-order valence-corrected chi connectivity index (χ1v) is 18.9. The molecular weight excluding hydrogens is 703 g/mol. The molecule has 0 bridgehead atoms. The summed E-state index contributed by atoms with van der Waals surface area (Å²) in [6.45, 7) is 0. The molecule has 12 aromatic rings. The lowest BCUT2D eigenvalue weighted by Gasteiger charge is -2.10. The number of furan rings is 3. The van der Waals surface area contributed by atoms with Gasteiger partial charge in [0.25, 0.3) is 0 Å². The van der Waals surface area contributed by atoms with E-state index in [1.807, 2.05) is 91.0 Å². The Hall–Kier alpha value is -7.83. The standard InChI is InChI=1S/C51H29N3O3/c1-2-11-31(12-3-1)49-52-50(54-51(53-49)41-17-10-16-39-37-14-5-8-19-43(37)56-47(39)41)32-23-21-30(22-24-32)35-28-27-34(46-40-15-6-9-20-44(40)57-48(35)46)33-25-26-38-36-13-4-7-18-42(36)55-45(38)29-33/h1-29H. The van der Waals surface area contributed by atoms with Crippen molar-refractivity contribution >= 4 is 65.8 Å². The van der Waals surface area contributed by atoms with Gasteiger partial charge in [-0.2, -0.15) is 0 Å². The Morgan fingerprint density at radius 2 is 0.807 bits per heavy atom. The lowest BCUT2D eigenvalue weighted by molar-refractivity contribution is 0.668. The van der Waals surface area contributed by atoms with E-state index in [0.717, 1.165) is 105 Å². The van der Waals surface area contributed by atoms with Crippen LogP contribution in [0.25, 0.3) is 122 Å². The highest BCUT2D eigenvalue weighted by Crippen LogP contribution is 2.43. The van der Waals surface area contributed by atoms with Crippen LogP contribution >= 0.6 is 0 Å². The zero-order valence-electron chi connectivity index (χ0n) is 30.3. The molecule has 0 saturated carbocycles. The van der Waals surface area contributed by atoms with Crippen molar-refractivity contribution in [3.8, 4) is 56.4 Å². The van der Waals surface area contributed by atoms with Crippen molar-refractivity contribution < 1.29 is 13.3 Å². The minimum atomic E-state index is 0.549. The third-order valence-corrected chi connectivity index (χ3v) is 11.0. The highest BCUT2D eigenvalue weighted by molar-refractivity contribution is 6.17. The number of nitrogens with zero attached hydrogens (tertiary/aromatic N) is 3. The largest absolute Gasteiger partial charge is 0.456 e. The van der Waals surface area contributed by atoms with Gasteiger partial charge >= 0.3 is 0 Å². The van der Waals surface area contributed by atoms with Gasteiger partial charge < -0.3 is 13.3 Å². The molecule has 12 rings (SSSR count). The lowest BCUT2D eigenvalue weighted by atomic mass is 9.94. The number of para-hydroxylation sites is 4. The highest BCUT2D eigenvalue weighted by atomic mass is 16.3. The number of aromatic nitrogens is 3. The Morgan fingerprint density at radius 1 is 0.281 bits per heavy atom. The number of rotatable bonds is 5. The van der Waals surface area contributed by atoms with E-state index < -0.39 is 0 Å². The zero-order chi connectivity index (χ0) is 37.5. The number of hydrogen-bond acceptors (Lipinski definition) is 6. The van der Waals surface area contributed by atoms with Gasteiger partial charge in [0.15, 0.2) is 17.5 Å². The Labute approximate surface area is 325 Å². The average Bonchev–Trinajstić information content (AvgIpc) is 3.98. The molecule has 266 valence electrons. The summed E-state index contributed by atoms with van der Waals surface area (Å²) in [5.41, 5.74) is 11.8. The van der Waals surface area contributed by atoms with Crippen LogP contribution in [-0.2, 0) is 0 Å². The Balaban J connectivity index is 0.986. The molecule has 4 heterocycles. The van der Waals surface area contributed by atoms with Crippen LogP contribution in [0.3, 0.4) is 0 Å². The first kappa shape index (κ1) is 31.5. The zero-order valence-corrected chi connectivity index (χ0v) is 30.3. The first-order valence-electron chi connectivity index (χ1n) is 18.9. The van der Waals surface area contributed by atoms with Gasteiger partial charge in [0.05, 0.1) is 5.56 Å². The van der Waals surface area contributed by atoms with E-state index in [2.05, 4.69) is 84.9 Å². The molecule has 57 heavy (non-hydrogen) atoms. The van der Waals surface area contributed by atoms with Crippen LogP contribution in [0.5, 0.6) is 0 Å². The third kappa shape index (κ3) is 5.01. The van der Waals surface area contributed by atoms with Crippen molar-refractivity contribution in [2.24, 2.45) is 0 Å². The number of benzene rings is 8. The van der Waals surface area contributed by atoms with Crippen LogP contribution in [0.1, 0.15) is 0 Å². The Bertz CT molecular complexity index is 3520. The maximum Gasteiger partial charge on any atom is 0.167 e. The van der Waals surface area contributed by atoms with Gasteiger partial charge in [-0.15, -0.1) is 0 Å². The molecule has 0 unspecified atom stereocenters. The lowest BCUT2D eigenvalue weighted by Crippen LogP contribution is -2.00. The summed E-state index contributed by atoms with van der Waals surface area (Å²) in [5.74, 6) is 1.71.